The van der Waals surface area contributed by atoms with Crippen LogP contribution in [-0.4, -0.2) is 17.3 Å². The highest BCUT2D eigenvalue weighted by molar-refractivity contribution is 5.98. The van der Waals surface area contributed by atoms with Gasteiger partial charge in [-0.25, -0.2) is 0 Å². The number of carbonyl (C=O) groups excluding carboxylic acids is 1. The standard InChI is InChI=1S/C11H13NO4/c1-4-16-10-6-5-9(8(3)13)11(7(10)2)12(14)15/h5-6H,4H2,1-3H3. The number of Topliss-reactive ketones (excluding diaryl/α,β-unsaturated/α-hetero) is 1. The van der Waals surface area contributed by atoms with Crippen molar-refractivity contribution in [2.24, 2.45) is 0 Å². The summed E-state index contributed by atoms with van der Waals surface area (Å²) in [5, 5.41) is 10.9. The fraction of sp³-hybridized carbons (Fsp3) is 0.364. The first-order valence-corrected chi connectivity index (χ1v) is 4.90. The Hall–Kier alpha value is -1.91. The highest BCUT2D eigenvalue weighted by atomic mass is 16.6. The van der Waals surface area contributed by atoms with E-state index >= 15 is 0 Å². The number of ether oxygens (including phenoxy) is 1. The first-order chi connectivity index (χ1) is 7.49. The van der Waals surface area contributed by atoms with E-state index in [-0.39, 0.29) is 17.0 Å². The van der Waals surface area contributed by atoms with Gasteiger partial charge in [-0.15, -0.1) is 0 Å². The average Bonchev–Trinajstić information content (AvgIpc) is 2.20. The molecule has 5 nitrogen and oxygen atoms in total. The lowest BCUT2D eigenvalue weighted by atomic mass is 10.0. The Kier molecular flexibility index (Phi) is 3.60. The summed E-state index contributed by atoms with van der Waals surface area (Å²) < 4.78 is 5.25. The van der Waals surface area contributed by atoms with Crippen LogP contribution in [0.5, 0.6) is 5.75 Å². The molecule has 0 unspecified atom stereocenters. The maximum Gasteiger partial charge on any atom is 0.286 e. The maximum atomic E-state index is 11.2. The molecule has 1 aromatic rings. The van der Waals surface area contributed by atoms with E-state index in [9.17, 15) is 14.9 Å². The zero-order valence-corrected chi connectivity index (χ0v) is 9.44. The van der Waals surface area contributed by atoms with Crippen LogP contribution in [0.15, 0.2) is 12.1 Å². The summed E-state index contributed by atoms with van der Waals surface area (Å²) in [4.78, 5) is 21.6. The quantitative estimate of drug-likeness (QED) is 0.446. The summed E-state index contributed by atoms with van der Waals surface area (Å²) in [6.45, 7) is 5.11. The Labute approximate surface area is 93.2 Å². The predicted molar refractivity (Wildman–Crippen MR) is 59.0 cm³/mol. The molecule has 86 valence electrons. The molecule has 0 fully saturated rings. The van der Waals surface area contributed by atoms with Gasteiger partial charge in [0.2, 0.25) is 0 Å². The first-order valence-electron chi connectivity index (χ1n) is 4.90. The van der Waals surface area contributed by atoms with E-state index < -0.39 is 4.92 Å². The summed E-state index contributed by atoms with van der Waals surface area (Å²) in [5.41, 5.74) is 0.337. The van der Waals surface area contributed by atoms with E-state index in [1.807, 2.05) is 0 Å². The lowest BCUT2D eigenvalue weighted by Crippen LogP contribution is -2.04. The van der Waals surface area contributed by atoms with Crippen LogP contribution in [0.2, 0.25) is 0 Å². The minimum absolute atomic E-state index is 0.117. The van der Waals surface area contributed by atoms with Gasteiger partial charge in [-0.2, -0.15) is 0 Å². The lowest BCUT2D eigenvalue weighted by molar-refractivity contribution is -0.385. The van der Waals surface area contributed by atoms with Crippen molar-refractivity contribution >= 4 is 11.5 Å². The lowest BCUT2D eigenvalue weighted by Gasteiger charge is -2.09. The van der Waals surface area contributed by atoms with E-state index in [2.05, 4.69) is 0 Å². The fourth-order valence-electron chi connectivity index (χ4n) is 1.51. The zero-order valence-electron chi connectivity index (χ0n) is 9.44. The number of carbonyl (C=O) groups is 1. The van der Waals surface area contributed by atoms with Gasteiger partial charge in [0.05, 0.1) is 22.7 Å². The maximum absolute atomic E-state index is 11.2. The zero-order chi connectivity index (χ0) is 12.3. The summed E-state index contributed by atoms with van der Waals surface area (Å²) in [6.07, 6.45) is 0. The Morgan fingerprint density at radius 1 is 1.50 bits per heavy atom. The van der Waals surface area contributed by atoms with Crippen molar-refractivity contribution in [3.63, 3.8) is 0 Å². The van der Waals surface area contributed by atoms with Gasteiger partial charge in [0, 0.05) is 0 Å². The number of ketones is 1. The van der Waals surface area contributed by atoms with Gasteiger partial charge in [0.25, 0.3) is 5.69 Å². The molecule has 0 atom stereocenters. The smallest absolute Gasteiger partial charge is 0.286 e. The molecule has 0 aromatic heterocycles. The van der Waals surface area contributed by atoms with Crippen LogP contribution in [0.25, 0.3) is 0 Å². The van der Waals surface area contributed by atoms with Crippen LogP contribution in [0.4, 0.5) is 5.69 Å². The van der Waals surface area contributed by atoms with Crippen molar-refractivity contribution in [1.29, 1.82) is 0 Å². The topological polar surface area (TPSA) is 69.4 Å². The first kappa shape index (κ1) is 12.2. The molecule has 0 N–H and O–H groups in total. The van der Waals surface area contributed by atoms with Gasteiger partial charge in [0.15, 0.2) is 5.78 Å². The molecule has 0 heterocycles. The Morgan fingerprint density at radius 3 is 2.56 bits per heavy atom. The van der Waals surface area contributed by atoms with Crippen molar-refractivity contribution in [2.75, 3.05) is 6.61 Å². The van der Waals surface area contributed by atoms with E-state index in [0.29, 0.717) is 17.9 Å². The van der Waals surface area contributed by atoms with Gasteiger partial charge in [-0.1, -0.05) is 0 Å². The second kappa shape index (κ2) is 4.74. The number of benzene rings is 1. The molecule has 0 spiro atoms. The Morgan fingerprint density at radius 2 is 2.12 bits per heavy atom. The van der Waals surface area contributed by atoms with Crippen LogP contribution in [0.1, 0.15) is 29.8 Å². The third-order valence-corrected chi connectivity index (χ3v) is 2.24. The molecule has 16 heavy (non-hydrogen) atoms. The molecule has 0 aliphatic carbocycles. The van der Waals surface area contributed by atoms with E-state index in [0.717, 1.165) is 0 Å². The molecule has 0 aliphatic heterocycles. The molecule has 1 aromatic carbocycles. The molecule has 0 aliphatic rings. The van der Waals surface area contributed by atoms with Gasteiger partial charge >= 0.3 is 0 Å². The van der Waals surface area contributed by atoms with Crippen molar-refractivity contribution in [3.05, 3.63) is 33.4 Å². The van der Waals surface area contributed by atoms with Crippen LogP contribution in [0.3, 0.4) is 0 Å². The van der Waals surface area contributed by atoms with Crippen molar-refractivity contribution < 1.29 is 14.5 Å². The summed E-state index contributed by atoms with van der Waals surface area (Å²) in [7, 11) is 0. The largest absolute Gasteiger partial charge is 0.493 e. The number of nitro benzene ring substituents is 1. The second-order valence-electron chi connectivity index (χ2n) is 3.33. The molecular formula is C11H13NO4. The molecule has 5 heteroatoms. The van der Waals surface area contributed by atoms with Crippen molar-refractivity contribution in [2.45, 2.75) is 20.8 Å². The number of rotatable bonds is 4. The van der Waals surface area contributed by atoms with Gasteiger partial charge in [-0.3, -0.25) is 14.9 Å². The van der Waals surface area contributed by atoms with Gasteiger partial charge in [0.1, 0.15) is 5.75 Å². The molecule has 0 amide bonds. The minimum atomic E-state index is -0.547. The Bertz CT molecular complexity index is 440. The number of nitrogens with zero attached hydrogens (tertiary/aromatic N) is 1. The van der Waals surface area contributed by atoms with Gasteiger partial charge in [-0.05, 0) is 32.9 Å². The predicted octanol–water partition coefficient (Wildman–Crippen LogP) is 2.50. The molecule has 0 bridgehead atoms. The molecule has 1 rings (SSSR count). The summed E-state index contributed by atoms with van der Waals surface area (Å²) in [5.74, 6) is 0.122. The normalized spacial score (nSPS) is 9.94. The van der Waals surface area contributed by atoms with Crippen molar-refractivity contribution in [1.82, 2.24) is 0 Å². The Balaban J connectivity index is 3.41. The second-order valence-corrected chi connectivity index (χ2v) is 3.33. The molecular weight excluding hydrogens is 210 g/mol. The third kappa shape index (κ3) is 2.18. The van der Waals surface area contributed by atoms with Gasteiger partial charge < -0.3 is 4.74 Å². The van der Waals surface area contributed by atoms with Crippen molar-refractivity contribution in [3.8, 4) is 5.75 Å². The van der Waals surface area contributed by atoms with E-state index in [1.54, 1.807) is 19.9 Å². The highest BCUT2D eigenvalue weighted by Gasteiger charge is 2.23. The van der Waals surface area contributed by atoms with Crippen LogP contribution in [0, 0.1) is 17.0 Å². The fourth-order valence-corrected chi connectivity index (χ4v) is 1.51. The minimum Gasteiger partial charge on any atom is -0.493 e. The van der Waals surface area contributed by atoms with Crippen LogP contribution < -0.4 is 4.74 Å². The van der Waals surface area contributed by atoms with Crippen LogP contribution in [-0.2, 0) is 0 Å². The van der Waals surface area contributed by atoms with Crippen LogP contribution >= 0.6 is 0 Å². The molecule has 0 saturated heterocycles. The number of nitro groups is 1. The number of hydrogen-bond acceptors (Lipinski definition) is 4. The highest BCUT2D eigenvalue weighted by Crippen LogP contribution is 2.31. The molecule has 0 radical (unpaired) electrons. The summed E-state index contributed by atoms with van der Waals surface area (Å²) >= 11 is 0. The van der Waals surface area contributed by atoms with E-state index in [1.165, 1.54) is 13.0 Å². The summed E-state index contributed by atoms with van der Waals surface area (Å²) in [6, 6.07) is 3.01. The average molecular weight is 223 g/mol. The van der Waals surface area contributed by atoms with E-state index in [4.69, 9.17) is 4.74 Å². The SMILES string of the molecule is CCOc1ccc(C(C)=O)c([N+](=O)[O-])c1C. The third-order valence-electron chi connectivity index (χ3n) is 2.24. The molecule has 0 saturated carbocycles. The monoisotopic (exact) mass is 223 g/mol. The number of hydrogen-bond donors (Lipinski definition) is 0.